The van der Waals surface area contributed by atoms with Crippen molar-refractivity contribution in [1.29, 1.82) is 0 Å². The van der Waals surface area contributed by atoms with Crippen LogP contribution in [-0.2, 0) is 25.7 Å². The molecule has 0 bridgehead atoms. The van der Waals surface area contributed by atoms with Gasteiger partial charge in [-0.25, -0.2) is 0 Å². The fraction of sp³-hybridized carbons (Fsp3) is 0.611. The number of ether oxygens (including phenoxy) is 2. The summed E-state index contributed by atoms with van der Waals surface area (Å²) in [6.07, 6.45) is 3.76. The molecule has 4 rings (SSSR count). The summed E-state index contributed by atoms with van der Waals surface area (Å²) in [6.45, 7) is 2.09. The molecule has 4 atom stereocenters. The lowest BCUT2D eigenvalue weighted by Crippen LogP contribution is -2.38. The van der Waals surface area contributed by atoms with Crippen LogP contribution in [0.4, 0.5) is 0 Å². The Labute approximate surface area is 136 Å². The Bertz CT molecular complexity index is 549. The van der Waals surface area contributed by atoms with Crippen molar-refractivity contribution in [2.75, 3.05) is 13.2 Å². The van der Waals surface area contributed by atoms with Crippen LogP contribution in [0.5, 0.6) is 0 Å². The summed E-state index contributed by atoms with van der Waals surface area (Å²) in [5.41, 5.74) is 1.16. The molecule has 3 saturated heterocycles. The molecule has 3 fully saturated rings. The molecule has 0 radical (unpaired) electrons. The molecule has 3 aliphatic rings. The fourth-order valence-corrected chi connectivity index (χ4v) is 3.93. The normalized spacial score (nSPS) is 33.3. The van der Waals surface area contributed by atoms with Crippen molar-refractivity contribution in [1.82, 2.24) is 5.06 Å². The number of piperidine rings is 1. The number of benzene rings is 1. The number of cyclic esters (lactones) is 1. The number of esters is 1. The number of rotatable bonds is 5. The largest absolute Gasteiger partial charge is 0.459 e. The number of carbonyl (C=O) groups excluding carboxylic acids is 1. The molecule has 0 unspecified atom stereocenters. The third kappa shape index (κ3) is 3.01. The molecule has 0 amide bonds. The second kappa shape index (κ2) is 6.59. The van der Waals surface area contributed by atoms with E-state index in [1.54, 1.807) is 0 Å². The van der Waals surface area contributed by atoms with Gasteiger partial charge >= 0.3 is 5.97 Å². The van der Waals surface area contributed by atoms with Crippen molar-refractivity contribution in [2.24, 2.45) is 5.92 Å². The first-order valence-electron chi connectivity index (χ1n) is 8.58. The highest BCUT2D eigenvalue weighted by Gasteiger charge is 2.57. The van der Waals surface area contributed by atoms with Crippen LogP contribution in [-0.4, -0.2) is 42.4 Å². The predicted molar refractivity (Wildman–Crippen MR) is 83.3 cm³/mol. The monoisotopic (exact) mass is 317 g/mol. The average molecular weight is 317 g/mol. The molecule has 0 saturated carbocycles. The Hall–Kier alpha value is -1.43. The Morgan fingerprint density at radius 1 is 1.22 bits per heavy atom. The van der Waals surface area contributed by atoms with Gasteiger partial charge in [0.15, 0.2) is 0 Å². The molecule has 5 heteroatoms. The van der Waals surface area contributed by atoms with Crippen LogP contribution in [0.3, 0.4) is 0 Å². The van der Waals surface area contributed by atoms with Gasteiger partial charge in [0.1, 0.15) is 18.1 Å². The maximum Gasteiger partial charge on any atom is 0.313 e. The highest BCUT2D eigenvalue weighted by molar-refractivity contribution is 5.77. The molecule has 0 aliphatic carbocycles. The second-order valence-electron chi connectivity index (χ2n) is 6.60. The molecular formula is C18H23NO4. The van der Waals surface area contributed by atoms with E-state index in [0.717, 1.165) is 24.9 Å². The van der Waals surface area contributed by atoms with Crippen molar-refractivity contribution >= 4 is 5.97 Å². The third-order valence-electron chi connectivity index (χ3n) is 5.09. The number of carbonyl (C=O) groups is 1. The van der Waals surface area contributed by atoms with E-state index in [1.807, 2.05) is 35.4 Å². The predicted octanol–water partition coefficient (Wildman–Crippen LogP) is 2.30. The molecule has 1 aromatic carbocycles. The van der Waals surface area contributed by atoms with E-state index in [1.165, 1.54) is 6.42 Å². The molecule has 5 nitrogen and oxygen atoms in total. The molecule has 3 aliphatic heterocycles. The average Bonchev–Trinajstić information content (AvgIpc) is 3.11. The maximum absolute atomic E-state index is 12.2. The highest BCUT2D eigenvalue weighted by Crippen LogP contribution is 2.41. The minimum Gasteiger partial charge on any atom is -0.459 e. The summed E-state index contributed by atoms with van der Waals surface area (Å²) < 4.78 is 11.3. The number of hydroxylamine groups is 2. The number of nitrogens with zero attached hydrogens (tertiary/aromatic N) is 1. The van der Waals surface area contributed by atoms with Crippen LogP contribution in [0.25, 0.3) is 0 Å². The van der Waals surface area contributed by atoms with Crippen LogP contribution in [0.1, 0.15) is 31.2 Å². The molecule has 0 aromatic heterocycles. The molecule has 0 N–H and O–H groups in total. The van der Waals surface area contributed by atoms with Crippen LogP contribution < -0.4 is 0 Å². The maximum atomic E-state index is 12.2. The molecule has 124 valence electrons. The molecule has 23 heavy (non-hydrogen) atoms. The minimum absolute atomic E-state index is 0.0857. The van der Waals surface area contributed by atoms with Gasteiger partial charge in [-0.2, -0.15) is 5.06 Å². The minimum atomic E-state index is -0.172. The number of fused-ring (bicyclic) bond motifs is 3. The lowest BCUT2D eigenvalue weighted by atomic mass is 9.88. The van der Waals surface area contributed by atoms with Gasteiger partial charge in [-0.05, 0) is 18.4 Å². The van der Waals surface area contributed by atoms with Crippen LogP contribution >= 0.6 is 0 Å². The Morgan fingerprint density at radius 3 is 2.96 bits per heavy atom. The Kier molecular flexibility index (Phi) is 4.33. The third-order valence-corrected chi connectivity index (χ3v) is 5.09. The SMILES string of the molecule is O=C1O[C@H](CCOCc2ccccc2)[C@@H]2ON3CCCC[C@@H]3[C@H]12. The van der Waals surface area contributed by atoms with Crippen molar-refractivity contribution < 1.29 is 19.1 Å². The van der Waals surface area contributed by atoms with E-state index in [9.17, 15) is 4.79 Å². The van der Waals surface area contributed by atoms with Gasteiger partial charge in [-0.3, -0.25) is 9.63 Å². The van der Waals surface area contributed by atoms with Crippen LogP contribution in [0, 0.1) is 5.92 Å². The summed E-state index contributed by atoms with van der Waals surface area (Å²) >= 11 is 0. The van der Waals surface area contributed by atoms with Crippen molar-refractivity contribution in [3.8, 4) is 0 Å². The summed E-state index contributed by atoms with van der Waals surface area (Å²) in [7, 11) is 0. The van der Waals surface area contributed by atoms with Gasteiger partial charge in [0.25, 0.3) is 0 Å². The summed E-state index contributed by atoms with van der Waals surface area (Å²) in [4.78, 5) is 18.2. The van der Waals surface area contributed by atoms with E-state index < -0.39 is 0 Å². The summed E-state index contributed by atoms with van der Waals surface area (Å²) in [5, 5.41) is 2.02. The van der Waals surface area contributed by atoms with E-state index >= 15 is 0 Å². The lowest BCUT2D eigenvalue weighted by molar-refractivity contribution is -0.196. The van der Waals surface area contributed by atoms with Gasteiger partial charge in [-0.15, -0.1) is 0 Å². The van der Waals surface area contributed by atoms with Crippen LogP contribution in [0.15, 0.2) is 30.3 Å². The Morgan fingerprint density at radius 2 is 2.09 bits per heavy atom. The zero-order valence-electron chi connectivity index (χ0n) is 13.2. The molecule has 0 spiro atoms. The van der Waals surface area contributed by atoms with Gasteiger partial charge in [0.05, 0.1) is 19.3 Å². The first-order valence-corrected chi connectivity index (χ1v) is 8.58. The van der Waals surface area contributed by atoms with Crippen molar-refractivity contribution in [2.45, 2.75) is 50.5 Å². The van der Waals surface area contributed by atoms with E-state index in [4.69, 9.17) is 14.3 Å². The zero-order valence-corrected chi connectivity index (χ0v) is 13.2. The smallest absolute Gasteiger partial charge is 0.313 e. The highest BCUT2D eigenvalue weighted by atomic mass is 16.7. The number of hydrogen-bond donors (Lipinski definition) is 0. The van der Waals surface area contributed by atoms with Gasteiger partial charge < -0.3 is 9.47 Å². The van der Waals surface area contributed by atoms with Gasteiger partial charge in [0, 0.05) is 13.0 Å². The zero-order chi connectivity index (χ0) is 15.6. The van der Waals surface area contributed by atoms with Crippen LogP contribution in [0.2, 0.25) is 0 Å². The van der Waals surface area contributed by atoms with Gasteiger partial charge in [-0.1, -0.05) is 36.8 Å². The van der Waals surface area contributed by atoms with E-state index in [0.29, 0.717) is 19.6 Å². The van der Waals surface area contributed by atoms with Crippen molar-refractivity contribution in [3.63, 3.8) is 0 Å². The first kappa shape index (κ1) is 15.1. The quantitative estimate of drug-likeness (QED) is 0.616. The standard InChI is InChI=1S/C18H23NO4/c20-18-16-14-8-4-5-10-19(14)23-17(16)15(22-18)9-11-21-12-13-6-2-1-3-7-13/h1-3,6-7,14-17H,4-5,8-12H2/t14-,15-,16+,17+/m1/s1. The van der Waals surface area contributed by atoms with E-state index in [-0.39, 0.29) is 30.1 Å². The second-order valence-corrected chi connectivity index (χ2v) is 6.60. The fourth-order valence-electron chi connectivity index (χ4n) is 3.93. The molecule has 3 heterocycles. The summed E-state index contributed by atoms with van der Waals surface area (Å²) in [5.74, 6) is -0.188. The van der Waals surface area contributed by atoms with E-state index in [2.05, 4.69) is 0 Å². The Balaban J connectivity index is 1.29. The first-order chi connectivity index (χ1) is 11.3. The topological polar surface area (TPSA) is 48.0 Å². The van der Waals surface area contributed by atoms with Gasteiger partial charge in [0.2, 0.25) is 0 Å². The number of hydrogen-bond acceptors (Lipinski definition) is 5. The summed E-state index contributed by atoms with van der Waals surface area (Å²) in [6, 6.07) is 10.3. The molecule has 1 aromatic rings. The lowest BCUT2D eigenvalue weighted by Gasteiger charge is -2.29. The molecular weight excluding hydrogens is 294 g/mol. The van der Waals surface area contributed by atoms with Crippen molar-refractivity contribution in [3.05, 3.63) is 35.9 Å².